The molecule has 2 aromatic heterocycles. The van der Waals surface area contributed by atoms with Crippen molar-refractivity contribution in [2.24, 2.45) is 0 Å². The zero-order chi connectivity index (χ0) is 16.1. The monoisotopic (exact) mass is 394 g/mol. The van der Waals surface area contributed by atoms with Gasteiger partial charge < -0.3 is 15.2 Å². The Balaban J connectivity index is 2.10. The molecule has 0 bridgehead atoms. The number of aromatic nitrogens is 2. The Labute approximate surface area is 134 Å². The molecule has 3 heterocycles. The van der Waals surface area contributed by atoms with Gasteiger partial charge in [0.2, 0.25) is 0 Å². The molecule has 0 radical (unpaired) electrons. The number of fused-ring (bicyclic) bond motifs is 1. The van der Waals surface area contributed by atoms with Gasteiger partial charge in [0.05, 0.1) is 16.5 Å². The van der Waals surface area contributed by atoms with Gasteiger partial charge in [-0.05, 0) is 27.4 Å². The summed E-state index contributed by atoms with van der Waals surface area (Å²) in [6.45, 7) is 0. The van der Waals surface area contributed by atoms with Gasteiger partial charge in [0.25, 0.3) is 0 Å². The highest BCUT2D eigenvalue weighted by molar-refractivity contribution is 9.10. The first-order valence-corrected chi connectivity index (χ1v) is 7.82. The third-order valence-electron chi connectivity index (χ3n) is 3.38. The van der Waals surface area contributed by atoms with Gasteiger partial charge >= 0.3 is 6.18 Å². The number of carboxylic acid groups (broad SMARTS) is 1. The fourth-order valence-corrected chi connectivity index (χ4v) is 3.72. The maximum Gasteiger partial charge on any atom is 0.410 e. The molecular formula is C12H8BrF3N3O2S-. The largest absolute Gasteiger partial charge is 0.543 e. The van der Waals surface area contributed by atoms with E-state index in [1.807, 2.05) is 0 Å². The lowest BCUT2D eigenvalue weighted by Gasteiger charge is -2.33. The molecule has 1 N–H and O–H groups in total. The van der Waals surface area contributed by atoms with Crippen molar-refractivity contribution in [1.82, 2.24) is 9.78 Å². The van der Waals surface area contributed by atoms with Crippen molar-refractivity contribution in [3.05, 3.63) is 32.6 Å². The first kappa shape index (κ1) is 15.3. The Kier molecular flexibility index (Phi) is 3.68. The first-order chi connectivity index (χ1) is 10.3. The molecule has 118 valence electrons. The zero-order valence-corrected chi connectivity index (χ0v) is 13.1. The highest BCUT2D eigenvalue weighted by Gasteiger charge is 2.47. The number of aromatic carboxylic acids is 1. The lowest BCUT2D eigenvalue weighted by atomic mass is 10.0. The average molecular weight is 395 g/mol. The molecule has 3 rings (SSSR count). The minimum atomic E-state index is -4.54. The second-order valence-electron chi connectivity index (χ2n) is 4.75. The molecule has 10 heteroatoms. The predicted molar refractivity (Wildman–Crippen MR) is 74.6 cm³/mol. The van der Waals surface area contributed by atoms with E-state index in [0.717, 1.165) is 4.88 Å². The van der Waals surface area contributed by atoms with Crippen molar-refractivity contribution in [2.45, 2.75) is 24.7 Å². The van der Waals surface area contributed by atoms with Crippen molar-refractivity contribution in [3.8, 4) is 0 Å². The first-order valence-electron chi connectivity index (χ1n) is 6.15. The van der Waals surface area contributed by atoms with Crippen LogP contribution >= 0.6 is 27.3 Å². The number of carbonyl (C=O) groups excluding carboxylic acids is 1. The second-order valence-corrected chi connectivity index (χ2v) is 6.52. The minimum absolute atomic E-state index is 0.00817. The number of carboxylic acids is 1. The molecule has 0 spiro atoms. The van der Waals surface area contributed by atoms with Gasteiger partial charge in [-0.3, -0.25) is 0 Å². The summed E-state index contributed by atoms with van der Waals surface area (Å²) in [5.41, 5.74) is -0.552. The van der Waals surface area contributed by atoms with E-state index in [-0.39, 0.29) is 16.7 Å². The molecule has 0 amide bonds. The Morgan fingerprint density at radius 1 is 1.55 bits per heavy atom. The quantitative estimate of drug-likeness (QED) is 0.849. The molecular weight excluding hydrogens is 387 g/mol. The summed E-state index contributed by atoms with van der Waals surface area (Å²) in [4.78, 5) is 11.7. The van der Waals surface area contributed by atoms with Crippen LogP contribution in [-0.4, -0.2) is 21.9 Å². The molecule has 1 aliphatic rings. The molecule has 0 saturated carbocycles. The van der Waals surface area contributed by atoms with Crippen LogP contribution in [-0.2, 0) is 0 Å². The lowest BCUT2D eigenvalue weighted by molar-refractivity contribution is -0.255. The summed E-state index contributed by atoms with van der Waals surface area (Å²) >= 11 is 4.32. The molecule has 0 unspecified atom stereocenters. The van der Waals surface area contributed by atoms with Crippen LogP contribution < -0.4 is 10.4 Å². The van der Waals surface area contributed by atoms with E-state index in [4.69, 9.17) is 0 Å². The average Bonchev–Trinajstić information content (AvgIpc) is 3.05. The molecule has 0 aliphatic carbocycles. The Bertz CT molecular complexity index is 714. The number of rotatable bonds is 2. The molecule has 0 fully saturated rings. The molecule has 5 nitrogen and oxygen atoms in total. The second kappa shape index (κ2) is 5.27. The smallest absolute Gasteiger partial charge is 0.410 e. The van der Waals surface area contributed by atoms with Crippen LogP contribution in [0.1, 0.15) is 33.9 Å². The third kappa shape index (κ3) is 2.50. The number of thiophene rings is 1. The summed E-state index contributed by atoms with van der Waals surface area (Å²) in [5, 5.41) is 19.2. The van der Waals surface area contributed by atoms with Gasteiger partial charge in [-0.2, -0.15) is 18.3 Å². The molecule has 1 aliphatic heterocycles. The number of nitrogens with one attached hydrogen (secondary N) is 1. The number of carbonyl (C=O) groups is 1. The SMILES string of the molecule is O=C([O-])c1nn2c(c1Br)N[C@H](c1cccs1)C[C@H]2C(F)(F)F. The fourth-order valence-electron chi connectivity index (χ4n) is 2.40. The number of anilines is 1. The molecule has 2 aromatic rings. The van der Waals surface area contributed by atoms with Crippen LogP contribution in [0, 0.1) is 0 Å². The van der Waals surface area contributed by atoms with Gasteiger partial charge in [-0.1, -0.05) is 6.07 Å². The fraction of sp³-hybridized carbons (Fsp3) is 0.333. The lowest BCUT2D eigenvalue weighted by Crippen LogP contribution is -2.35. The standard InChI is InChI=1S/C12H9BrF3N3O2S/c13-8-9(11(20)21)18-19-7(12(14,15)16)4-5(17-10(8)19)6-2-1-3-22-6/h1-3,5,7,17H,4H2,(H,20,21)/p-1/t5-,7-/m0/s1. The van der Waals surface area contributed by atoms with Gasteiger partial charge in [0.15, 0.2) is 6.04 Å². The summed E-state index contributed by atoms with van der Waals surface area (Å²) in [7, 11) is 0. The zero-order valence-electron chi connectivity index (χ0n) is 10.7. The predicted octanol–water partition coefficient (Wildman–Crippen LogP) is 2.73. The molecule has 0 aromatic carbocycles. The summed E-state index contributed by atoms with van der Waals surface area (Å²) < 4.78 is 40.6. The highest BCUT2D eigenvalue weighted by Crippen LogP contribution is 2.46. The van der Waals surface area contributed by atoms with Crippen molar-refractivity contribution in [2.75, 3.05) is 5.32 Å². The van der Waals surface area contributed by atoms with E-state index >= 15 is 0 Å². The Morgan fingerprint density at radius 2 is 2.27 bits per heavy atom. The summed E-state index contributed by atoms with van der Waals surface area (Å²) in [5.74, 6) is -1.64. The Morgan fingerprint density at radius 3 is 2.82 bits per heavy atom. The van der Waals surface area contributed by atoms with E-state index in [2.05, 4.69) is 26.3 Å². The number of alkyl halides is 3. The van der Waals surface area contributed by atoms with Gasteiger partial charge in [-0.15, -0.1) is 11.3 Å². The summed E-state index contributed by atoms with van der Waals surface area (Å²) in [6, 6.07) is 1.01. The normalized spacial score (nSPS) is 21.3. The van der Waals surface area contributed by atoms with Crippen molar-refractivity contribution >= 4 is 39.1 Å². The van der Waals surface area contributed by atoms with E-state index < -0.39 is 29.9 Å². The third-order valence-corrected chi connectivity index (χ3v) is 5.11. The van der Waals surface area contributed by atoms with Gasteiger partial charge in [0.1, 0.15) is 11.5 Å². The van der Waals surface area contributed by atoms with Crippen LogP contribution in [0.3, 0.4) is 0 Å². The van der Waals surface area contributed by atoms with Crippen molar-refractivity contribution in [1.29, 1.82) is 0 Å². The maximum absolute atomic E-state index is 13.3. The molecule has 0 saturated heterocycles. The van der Waals surface area contributed by atoms with E-state index in [0.29, 0.717) is 4.68 Å². The molecule has 22 heavy (non-hydrogen) atoms. The van der Waals surface area contributed by atoms with Gasteiger partial charge in [-0.25, -0.2) is 4.68 Å². The van der Waals surface area contributed by atoms with Crippen LogP contribution in [0.25, 0.3) is 0 Å². The topological polar surface area (TPSA) is 70.0 Å². The van der Waals surface area contributed by atoms with E-state index in [9.17, 15) is 23.1 Å². The van der Waals surface area contributed by atoms with Crippen LogP contribution in [0.4, 0.5) is 19.0 Å². The number of nitrogens with zero attached hydrogens (tertiary/aromatic N) is 2. The van der Waals surface area contributed by atoms with Gasteiger partial charge in [0, 0.05) is 11.3 Å². The molecule has 2 atom stereocenters. The Hall–Kier alpha value is -1.55. The number of hydrogen-bond acceptors (Lipinski definition) is 5. The van der Waals surface area contributed by atoms with Crippen LogP contribution in [0.5, 0.6) is 0 Å². The van der Waals surface area contributed by atoms with Crippen molar-refractivity contribution < 1.29 is 23.1 Å². The van der Waals surface area contributed by atoms with E-state index in [1.54, 1.807) is 17.5 Å². The summed E-state index contributed by atoms with van der Waals surface area (Å²) in [6.07, 6.45) is -4.81. The minimum Gasteiger partial charge on any atom is -0.543 e. The van der Waals surface area contributed by atoms with Crippen molar-refractivity contribution in [3.63, 3.8) is 0 Å². The number of halogens is 4. The van der Waals surface area contributed by atoms with E-state index in [1.165, 1.54) is 11.3 Å². The maximum atomic E-state index is 13.3. The van der Waals surface area contributed by atoms with Crippen LogP contribution in [0.2, 0.25) is 0 Å². The number of hydrogen-bond donors (Lipinski definition) is 1. The van der Waals surface area contributed by atoms with Crippen LogP contribution in [0.15, 0.2) is 22.0 Å². The highest BCUT2D eigenvalue weighted by atomic mass is 79.9.